The number of carbonyl (C=O) groups is 3. The first kappa shape index (κ1) is 16.8. The molecule has 0 radical (unpaired) electrons. The van der Waals surface area contributed by atoms with Gasteiger partial charge in [-0.3, -0.25) is 9.69 Å². The Labute approximate surface area is 133 Å². The van der Waals surface area contributed by atoms with Crippen LogP contribution in [0.2, 0.25) is 0 Å². The fraction of sp³-hybridized carbons (Fsp3) is 0.400. The first-order valence-electron chi connectivity index (χ1n) is 7.28. The molecular formula is C15H19N3O5. The van der Waals surface area contributed by atoms with Gasteiger partial charge in [0.2, 0.25) is 0 Å². The van der Waals surface area contributed by atoms with Crippen LogP contribution in [-0.4, -0.2) is 60.3 Å². The Hall–Kier alpha value is -2.61. The van der Waals surface area contributed by atoms with Crippen LogP contribution in [-0.2, 0) is 9.53 Å². The van der Waals surface area contributed by atoms with E-state index >= 15 is 0 Å². The van der Waals surface area contributed by atoms with E-state index in [0.29, 0.717) is 12.2 Å². The van der Waals surface area contributed by atoms with E-state index in [0.717, 1.165) is 4.90 Å². The SMILES string of the molecule is C[C@@H](OC(=O)c1ccccc1NCCO)C(=O)N1CCNC1=O. The van der Waals surface area contributed by atoms with Gasteiger partial charge in [-0.2, -0.15) is 0 Å². The molecule has 1 atom stereocenters. The van der Waals surface area contributed by atoms with E-state index < -0.39 is 24.0 Å². The lowest BCUT2D eigenvalue weighted by molar-refractivity contribution is -0.136. The molecule has 1 heterocycles. The fourth-order valence-electron chi connectivity index (χ4n) is 2.18. The van der Waals surface area contributed by atoms with Crippen molar-refractivity contribution in [2.24, 2.45) is 0 Å². The van der Waals surface area contributed by atoms with Crippen molar-refractivity contribution < 1.29 is 24.2 Å². The van der Waals surface area contributed by atoms with Crippen LogP contribution in [0.3, 0.4) is 0 Å². The van der Waals surface area contributed by atoms with Gasteiger partial charge in [0.15, 0.2) is 6.10 Å². The highest BCUT2D eigenvalue weighted by molar-refractivity contribution is 6.00. The number of urea groups is 1. The van der Waals surface area contributed by atoms with Crippen LogP contribution in [0.25, 0.3) is 0 Å². The smallest absolute Gasteiger partial charge is 0.341 e. The van der Waals surface area contributed by atoms with Gasteiger partial charge in [0.05, 0.1) is 12.2 Å². The van der Waals surface area contributed by atoms with Crippen molar-refractivity contribution >= 4 is 23.6 Å². The molecule has 2 rings (SSSR count). The van der Waals surface area contributed by atoms with E-state index in [9.17, 15) is 14.4 Å². The number of imide groups is 1. The van der Waals surface area contributed by atoms with Gasteiger partial charge < -0.3 is 20.5 Å². The molecule has 0 aromatic heterocycles. The zero-order valence-electron chi connectivity index (χ0n) is 12.7. The summed E-state index contributed by atoms with van der Waals surface area (Å²) in [7, 11) is 0. The standard InChI is InChI=1S/C15H19N3O5/c1-10(13(20)18-8-6-17-15(18)22)23-14(21)11-4-2-3-5-12(11)16-7-9-19/h2-5,10,16,19H,6-9H2,1H3,(H,17,22)/t10-/m1/s1. The van der Waals surface area contributed by atoms with Gasteiger partial charge >= 0.3 is 12.0 Å². The number of ether oxygens (including phenoxy) is 1. The number of benzene rings is 1. The molecule has 0 unspecified atom stereocenters. The largest absolute Gasteiger partial charge is 0.449 e. The lowest BCUT2D eigenvalue weighted by Gasteiger charge is -2.19. The molecule has 1 aliphatic heterocycles. The summed E-state index contributed by atoms with van der Waals surface area (Å²) in [6.07, 6.45) is -1.07. The second-order valence-corrected chi connectivity index (χ2v) is 4.97. The van der Waals surface area contributed by atoms with Gasteiger partial charge in [0, 0.05) is 25.3 Å². The van der Waals surface area contributed by atoms with E-state index in [1.807, 2.05) is 0 Å². The Bertz CT molecular complexity index is 605. The summed E-state index contributed by atoms with van der Waals surface area (Å²) in [5.41, 5.74) is 0.761. The maximum absolute atomic E-state index is 12.2. The maximum Gasteiger partial charge on any atom is 0.341 e. The molecule has 1 saturated heterocycles. The summed E-state index contributed by atoms with van der Waals surface area (Å²) in [6.45, 7) is 2.28. The van der Waals surface area contributed by atoms with Crippen molar-refractivity contribution in [2.45, 2.75) is 13.0 Å². The number of hydrogen-bond donors (Lipinski definition) is 3. The zero-order chi connectivity index (χ0) is 16.8. The lowest BCUT2D eigenvalue weighted by atomic mass is 10.1. The van der Waals surface area contributed by atoms with Crippen LogP contribution in [0.1, 0.15) is 17.3 Å². The van der Waals surface area contributed by atoms with Gasteiger partial charge in [-0.05, 0) is 19.1 Å². The molecule has 0 bridgehead atoms. The number of anilines is 1. The minimum absolute atomic E-state index is 0.0810. The number of aliphatic hydroxyl groups excluding tert-OH is 1. The van der Waals surface area contributed by atoms with Gasteiger partial charge in [0.25, 0.3) is 5.91 Å². The van der Waals surface area contributed by atoms with Crippen LogP contribution in [0, 0.1) is 0 Å². The Morgan fingerprint density at radius 2 is 2.17 bits per heavy atom. The van der Waals surface area contributed by atoms with Crippen LogP contribution >= 0.6 is 0 Å². The van der Waals surface area contributed by atoms with Gasteiger partial charge in [-0.15, -0.1) is 0 Å². The third kappa shape index (κ3) is 3.98. The van der Waals surface area contributed by atoms with Crippen molar-refractivity contribution in [3.63, 3.8) is 0 Å². The van der Waals surface area contributed by atoms with Crippen LogP contribution in [0.4, 0.5) is 10.5 Å². The van der Waals surface area contributed by atoms with Crippen LogP contribution in [0.5, 0.6) is 0 Å². The molecule has 0 saturated carbocycles. The average Bonchev–Trinajstić information content (AvgIpc) is 2.98. The molecule has 1 aliphatic rings. The summed E-state index contributed by atoms with van der Waals surface area (Å²) in [5, 5.41) is 14.3. The minimum Gasteiger partial charge on any atom is -0.449 e. The Kier molecular flexibility index (Phi) is 5.53. The summed E-state index contributed by atoms with van der Waals surface area (Å²) in [6, 6.07) is 6.15. The number of nitrogens with zero attached hydrogens (tertiary/aromatic N) is 1. The summed E-state index contributed by atoms with van der Waals surface area (Å²) >= 11 is 0. The summed E-state index contributed by atoms with van der Waals surface area (Å²) < 4.78 is 5.17. The molecule has 0 aliphatic carbocycles. The number of esters is 1. The van der Waals surface area contributed by atoms with Gasteiger partial charge in [0.1, 0.15) is 0 Å². The number of nitrogens with one attached hydrogen (secondary N) is 2. The molecule has 124 valence electrons. The highest BCUT2D eigenvalue weighted by Gasteiger charge is 2.32. The number of aliphatic hydroxyl groups is 1. The second-order valence-electron chi connectivity index (χ2n) is 4.97. The minimum atomic E-state index is -1.07. The van der Waals surface area contributed by atoms with Crippen molar-refractivity contribution in [1.29, 1.82) is 0 Å². The first-order chi connectivity index (χ1) is 11.0. The molecule has 1 aromatic rings. The predicted octanol–water partition coefficient (Wildman–Crippen LogP) is 0.188. The van der Waals surface area contributed by atoms with Crippen molar-refractivity contribution in [2.75, 3.05) is 31.6 Å². The monoisotopic (exact) mass is 321 g/mol. The van der Waals surface area contributed by atoms with Crippen molar-refractivity contribution in [3.8, 4) is 0 Å². The van der Waals surface area contributed by atoms with E-state index in [4.69, 9.17) is 9.84 Å². The van der Waals surface area contributed by atoms with E-state index in [2.05, 4.69) is 10.6 Å². The molecule has 3 amide bonds. The Balaban J connectivity index is 2.03. The number of carbonyl (C=O) groups excluding carboxylic acids is 3. The molecule has 23 heavy (non-hydrogen) atoms. The van der Waals surface area contributed by atoms with E-state index in [1.54, 1.807) is 24.3 Å². The van der Waals surface area contributed by atoms with Crippen LogP contribution in [0.15, 0.2) is 24.3 Å². The molecule has 0 spiro atoms. The molecule has 8 heteroatoms. The molecule has 8 nitrogen and oxygen atoms in total. The number of amides is 3. The Morgan fingerprint density at radius 1 is 1.43 bits per heavy atom. The fourth-order valence-corrected chi connectivity index (χ4v) is 2.18. The highest BCUT2D eigenvalue weighted by atomic mass is 16.5. The van der Waals surface area contributed by atoms with Gasteiger partial charge in [-0.1, -0.05) is 12.1 Å². The first-order valence-corrected chi connectivity index (χ1v) is 7.28. The molecular weight excluding hydrogens is 302 g/mol. The predicted molar refractivity (Wildman–Crippen MR) is 82.0 cm³/mol. The Morgan fingerprint density at radius 3 is 2.83 bits per heavy atom. The molecule has 1 aromatic carbocycles. The quantitative estimate of drug-likeness (QED) is 0.646. The van der Waals surface area contributed by atoms with Crippen molar-refractivity contribution in [3.05, 3.63) is 29.8 Å². The average molecular weight is 321 g/mol. The number of hydrogen-bond acceptors (Lipinski definition) is 6. The lowest BCUT2D eigenvalue weighted by Crippen LogP contribution is -2.41. The normalized spacial score (nSPS) is 15.0. The third-order valence-corrected chi connectivity index (χ3v) is 3.33. The van der Waals surface area contributed by atoms with Gasteiger partial charge in [-0.25, -0.2) is 9.59 Å². The third-order valence-electron chi connectivity index (χ3n) is 3.33. The molecule has 3 N–H and O–H groups in total. The highest BCUT2D eigenvalue weighted by Crippen LogP contribution is 2.17. The summed E-state index contributed by atoms with van der Waals surface area (Å²) in [5.74, 6) is -1.24. The van der Waals surface area contributed by atoms with E-state index in [-0.39, 0.29) is 25.3 Å². The van der Waals surface area contributed by atoms with Crippen LogP contribution < -0.4 is 10.6 Å². The zero-order valence-corrected chi connectivity index (χ0v) is 12.7. The van der Waals surface area contributed by atoms with E-state index in [1.165, 1.54) is 6.92 Å². The topological polar surface area (TPSA) is 108 Å². The number of rotatable bonds is 6. The summed E-state index contributed by atoms with van der Waals surface area (Å²) in [4.78, 5) is 36.9. The maximum atomic E-state index is 12.2. The second kappa shape index (κ2) is 7.59. The molecule has 1 fully saturated rings. The van der Waals surface area contributed by atoms with Crippen molar-refractivity contribution in [1.82, 2.24) is 10.2 Å². The number of para-hydroxylation sites is 1.